The molecule has 148 valence electrons. The summed E-state index contributed by atoms with van der Waals surface area (Å²) in [5.41, 5.74) is 3.03. The van der Waals surface area contributed by atoms with Crippen molar-refractivity contribution in [2.45, 2.75) is 19.4 Å². The van der Waals surface area contributed by atoms with Gasteiger partial charge in [-0.05, 0) is 36.1 Å². The minimum atomic E-state index is 0. The van der Waals surface area contributed by atoms with Crippen LogP contribution < -0.4 is 10.6 Å². The van der Waals surface area contributed by atoms with Crippen molar-refractivity contribution in [1.82, 2.24) is 25.3 Å². The highest BCUT2D eigenvalue weighted by molar-refractivity contribution is 14.0. The molecule has 0 atom stereocenters. The van der Waals surface area contributed by atoms with E-state index < -0.39 is 0 Å². The first-order valence-electron chi connectivity index (χ1n) is 8.72. The van der Waals surface area contributed by atoms with Crippen LogP contribution in [0.4, 0.5) is 0 Å². The van der Waals surface area contributed by atoms with Crippen molar-refractivity contribution in [2.24, 2.45) is 12.0 Å². The van der Waals surface area contributed by atoms with Crippen molar-refractivity contribution < 1.29 is 4.79 Å². The van der Waals surface area contributed by atoms with Gasteiger partial charge in [-0.15, -0.1) is 24.0 Å². The molecule has 1 aromatic carbocycles. The van der Waals surface area contributed by atoms with E-state index in [9.17, 15) is 4.79 Å². The fourth-order valence-electron chi connectivity index (χ4n) is 2.53. The number of guanidine groups is 1. The molecule has 8 heteroatoms. The Morgan fingerprint density at radius 3 is 2.44 bits per heavy atom. The van der Waals surface area contributed by atoms with Gasteiger partial charge in [0.25, 0.3) is 5.91 Å². The summed E-state index contributed by atoms with van der Waals surface area (Å²) in [5, 5.41) is 10.8. The van der Waals surface area contributed by atoms with Crippen LogP contribution in [0.5, 0.6) is 0 Å². The quantitative estimate of drug-likeness (QED) is 0.273. The van der Waals surface area contributed by atoms with Gasteiger partial charge in [0.2, 0.25) is 0 Å². The first kappa shape index (κ1) is 22.9. The molecule has 27 heavy (non-hydrogen) atoms. The van der Waals surface area contributed by atoms with Gasteiger partial charge in [0, 0.05) is 53.0 Å². The van der Waals surface area contributed by atoms with E-state index in [1.807, 2.05) is 48.4 Å². The minimum absolute atomic E-state index is 0. The maximum absolute atomic E-state index is 11.9. The second-order valence-electron chi connectivity index (χ2n) is 6.37. The molecule has 2 N–H and O–H groups in total. The van der Waals surface area contributed by atoms with Gasteiger partial charge in [0.15, 0.2) is 5.96 Å². The second-order valence-corrected chi connectivity index (χ2v) is 6.37. The summed E-state index contributed by atoms with van der Waals surface area (Å²) in [6.45, 7) is 1.49. The lowest BCUT2D eigenvalue weighted by Crippen LogP contribution is -2.37. The molecular formula is C19H29IN6O. The molecule has 2 aromatic rings. The number of rotatable bonds is 7. The summed E-state index contributed by atoms with van der Waals surface area (Å²) in [6.07, 6.45) is 5.93. The number of amides is 1. The summed E-state index contributed by atoms with van der Waals surface area (Å²) in [4.78, 5) is 17.7. The number of carbonyl (C=O) groups excluding carboxylic acids is 1. The molecule has 7 nitrogen and oxygen atoms in total. The number of hydrogen-bond acceptors (Lipinski definition) is 3. The van der Waals surface area contributed by atoms with Crippen LogP contribution in [0.15, 0.2) is 41.7 Å². The van der Waals surface area contributed by atoms with Crippen LogP contribution in [0, 0.1) is 0 Å². The zero-order chi connectivity index (χ0) is 18.9. The highest BCUT2D eigenvalue weighted by atomic mass is 127. The van der Waals surface area contributed by atoms with Gasteiger partial charge < -0.3 is 15.5 Å². The molecule has 1 aromatic heterocycles. The molecule has 0 aliphatic carbocycles. The fraction of sp³-hybridized carbons (Fsp3) is 0.421. The summed E-state index contributed by atoms with van der Waals surface area (Å²) >= 11 is 0. The Labute approximate surface area is 178 Å². The Morgan fingerprint density at radius 2 is 1.89 bits per heavy atom. The Bertz CT molecular complexity index is 739. The third kappa shape index (κ3) is 7.58. The lowest BCUT2D eigenvalue weighted by atomic mass is 10.1. The van der Waals surface area contributed by atoms with E-state index in [0.29, 0.717) is 12.1 Å². The van der Waals surface area contributed by atoms with Crippen molar-refractivity contribution in [3.05, 3.63) is 53.3 Å². The van der Waals surface area contributed by atoms with Crippen molar-refractivity contribution in [2.75, 3.05) is 27.7 Å². The molecule has 0 radical (unpaired) electrons. The first-order valence-corrected chi connectivity index (χ1v) is 8.72. The average molecular weight is 484 g/mol. The predicted molar refractivity (Wildman–Crippen MR) is 120 cm³/mol. The third-order valence-corrected chi connectivity index (χ3v) is 3.98. The van der Waals surface area contributed by atoms with Gasteiger partial charge in [-0.2, -0.15) is 5.10 Å². The lowest BCUT2D eigenvalue weighted by molar-refractivity contribution is 0.0827. The van der Waals surface area contributed by atoms with E-state index in [1.165, 1.54) is 5.56 Å². The van der Waals surface area contributed by atoms with Crippen LogP contribution in [0.25, 0.3) is 0 Å². The average Bonchev–Trinajstić information content (AvgIpc) is 3.06. The molecule has 0 aliphatic heterocycles. The van der Waals surface area contributed by atoms with Crippen LogP contribution in [0.3, 0.4) is 0 Å². The molecule has 0 bridgehead atoms. The van der Waals surface area contributed by atoms with Gasteiger partial charge in [0.05, 0.1) is 6.20 Å². The molecule has 0 saturated carbocycles. The van der Waals surface area contributed by atoms with Crippen molar-refractivity contribution in [3.63, 3.8) is 0 Å². The normalized spacial score (nSPS) is 10.9. The molecule has 1 heterocycles. The van der Waals surface area contributed by atoms with Gasteiger partial charge >= 0.3 is 0 Å². The van der Waals surface area contributed by atoms with Crippen LogP contribution in [-0.2, 0) is 20.0 Å². The maximum atomic E-state index is 11.9. The number of carbonyl (C=O) groups is 1. The Hall–Kier alpha value is -2.10. The number of aliphatic imine (C=N–C) groups is 1. The number of aromatic nitrogens is 2. The minimum Gasteiger partial charge on any atom is -0.356 e. The van der Waals surface area contributed by atoms with E-state index >= 15 is 0 Å². The molecule has 0 unspecified atom stereocenters. The number of benzene rings is 1. The topological polar surface area (TPSA) is 74.5 Å². The smallest absolute Gasteiger partial charge is 0.253 e. The first-order chi connectivity index (χ1) is 12.5. The van der Waals surface area contributed by atoms with Gasteiger partial charge in [-0.1, -0.05) is 12.1 Å². The Balaban J connectivity index is 0.00000364. The molecular weight excluding hydrogens is 455 g/mol. The van der Waals surface area contributed by atoms with Crippen LogP contribution >= 0.6 is 24.0 Å². The number of halogens is 1. The van der Waals surface area contributed by atoms with Crippen LogP contribution in [0.2, 0.25) is 0 Å². The summed E-state index contributed by atoms with van der Waals surface area (Å²) in [5.74, 6) is 0.778. The van der Waals surface area contributed by atoms with Crippen molar-refractivity contribution in [3.8, 4) is 0 Å². The predicted octanol–water partition coefficient (Wildman–Crippen LogP) is 2.04. The highest BCUT2D eigenvalue weighted by Gasteiger charge is 2.07. The SMILES string of the molecule is CN=C(NCCCc1cnn(C)c1)NCc1ccc(C(=O)N(C)C)cc1.I. The van der Waals surface area contributed by atoms with Gasteiger partial charge in [-0.25, -0.2) is 0 Å². The summed E-state index contributed by atoms with van der Waals surface area (Å²) < 4.78 is 1.82. The monoisotopic (exact) mass is 484 g/mol. The summed E-state index contributed by atoms with van der Waals surface area (Å²) in [6, 6.07) is 7.62. The fourth-order valence-corrected chi connectivity index (χ4v) is 2.53. The van der Waals surface area contributed by atoms with E-state index in [1.54, 1.807) is 26.0 Å². The molecule has 2 rings (SSSR count). The number of aryl methyl sites for hydroxylation is 2. The highest BCUT2D eigenvalue weighted by Crippen LogP contribution is 2.06. The zero-order valence-corrected chi connectivity index (χ0v) is 18.7. The van der Waals surface area contributed by atoms with E-state index in [2.05, 4.69) is 20.7 Å². The standard InChI is InChI=1S/C19H28N6O.HI/c1-20-19(21-11-5-6-16-13-23-25(4)14-16)22-12-15-7-9-17(10-8-15)18(26)24(2)3;/h7-10,13-14H,5-6,11-12H2,1-4H3,(H2,20,21,22);1H. The molecule has 0 saturated heterocycles. The Morgan fingerprint density at radius 1 is 1.19 bits per heavy atom. The van der Waals surface area contributed by atoms with Gasteiger partial charge in [0.1, 0.15) is 0 Å². The van der Waals surface area contributed by atoms with Crippen molar-refractivity contribution in [1.29, 1.82) is 0 Å². The maximum Gasteiger partial charge on any atom is 0.253 e. The van der Waals surface area contributed by atoms with E-state index in [4.69, 9.17) is 0 Å². The van der Waals surface area contributed by atoms with E-state index in [-0.39, 0.29) is 29.9 Å². The molecule has 0 spiro atoms. The Kier molecular flexibility index (Phi) is 9.84. The van der Waals surface area contributed by atoms with Crippen LogP contribution in [0.1, 0.15) is 27.9 Å². The number of nitrogens with one attached hydrogen (secondary N) is 2. The van der Waals surface area contributed by atoms with E-state index in [0.717, 1.165) is 30.9 Å². The van der Waals surface area contributed by atoms with Crippen molar-refractivity contribution >= 4 is 35.8 Å². The molecule has 1 amide bonds. The third-order valence-electron chi connectivity index (χ3n) is 3.98. The van der Waals surface area contributed by atoms with Crippen LogP contribution in [-0.4, -0.2) is 54.2 Å². The van der Waals surface area contributed by atoms with Gasteiger partial charge in [-0.3, -0.25) is 14.5 Å². The zero-order valence-electron chi connectivity index (χ0n) is 16.4. The molecule has 0 fully saturated rings. The number of hydrogen-bond donors (Lipinski definition) is 2. The lowest BCUT2D eigenvalue weighted by Gasteiger charge is -2.13. The largest absolute Gasteiger partial charge is 0.356 e. The summed E-state index contributed by atoms with van der Waals surface area (Å²) in [7, 11) is 7.19. The second kappa shape index (κ2) is 11.6. The molecule has 0 aliphatic rings. The number of nitrogens with zero attached hydrogens (tertiary/aromatic N) is 4.